The summed E-state index contributed by atoms with van der Waals surface area (Å²) in [7, 11) is 0. The fourth-order valence-electron chi connectivity index (χ4n) is 7.20. The van der Waals surface area contributed by atoms with Gasteiger partial charge < -0.3 is 9.32 Å². The maximum absolute atomic E-state index is 6.15. The van der Waals surface area contributed by atoms with E-state index in [1.807, 2.05) is 35.7 Å². The summed E-state index contributed by atoms with van der Waals surface area (Å²) in [5, 5.41) is 5.95. The largest absolute Gasteiger partial charge is 0.454 e. The molecule has 10 rings (SSSR count). The number of rotatable bonds is 5. The van der Waals surface area contributed by atoms with Crippen molar-refractivity contribution in [3.63, 3.8) is 0 Å². The molecule has 10 aromatic rings. The number of para-hydroxylation sites is 1. The first kappa shape index (κ1) is 27.8. The first-order chi connectivity index (χ1) is 24.3. The second kappa shape index (κ2) is 11.2. The van der Waals surface area contributed by atoms with Gasteiger partial charge in [-0.25, -0.2) is 0 Å². The molecule has 0 atom stereocenters. The fourth-order valence-corrected chi connectivity index (χ4v) is 8.29. The quantitative estimate of drug-likeness (QED) is 0.187. The van der Waals surface area contributed by atoms with Crippen molar-refractivity contribution >= 4 is 81.4 Å². The maximum atomic E-state index is 6.15. The highest BCUT2D eigenvalue weighted by atomic mass is 32.1. The topological polar surface area (TPSA) is 29.3 Å². The van der Waals surface area contributed by atoms with Crippen LogP contribution in [0.25, 0.3) is 75.3 Å². The van der Waals surface area contributed by atoms with Gasteiger partial charge in [-0.2, -0.15) is 0 Å². The third-order valence-corrected chi connectivity index (χ3v) is 10.7. The van der Waals surface area contributed by atoms with E-state index in [1.165, 1.54) is 36.7 Å². The SMILES string of the molecule is c1ccc(-c2ccccc2N(c2ccc(-c3ccc4ccc5oc6cccnc6c5c4c3)cc2)c2ccc3sc4ccccc4c3c2)cc1. The van der Waals surface area contributed by atoms with Crippen LogP contribution in [-0.4, -0.2) is 4.98 Å². The first-order valence-corrected chi connectivity index (χ1v) is 17.3. The molecule has 0 radical (unpaired) electrons. The number of pyridine rings is 1. The summed E-state index contributed by atoms with van der Waals surface area (Å²) in [4.78, 5) is 7.07. The van der Waals surface area contributed by atoms with E-state index >= 15 is 0 Å². The average molecular weight is 645 g/mol. The lowest BCUT2D eigenvalue weighted by Gasteiger charge is -2.28. The summed E-state index contributed by atoms with van der Waals surface area (Å²) in [6.45, 7) is 0. The van der Waals surface area contributed by atoms with E-state index in [-0.39, 0.29) is 0 Å². The molecule has 0 aliphatic heterocycles. The van der Waals surface area contributed by atoms with Crippen LogP contribution in [0.5, 0.6) is 0 Å². The van der Waals surface area contributed by atoms with Crippen molar-refractivity contribution in [2.45, 2.75) is 0 Å². The predicted molar refractivity (Wildman–Crippen MR) is 207 cm³/mol. The molecule has 0 saturated carbocycles. The van der Waals surface area contributed by atoms with E-state index in [0.717, 1.165) is 55.6 Å². The van der Waals surface area contributed by atoms with E-state index in [4.69, 9.17) is 4.42 Å². The summed E-state index contributed by atoms with van der Waals surface area (Å²) < 4.78 is 8.75. The van der Waals surface area contributed by atoms with Gasteiger partial charge in [0, 0.05) is 43.3 Å². The lowest BCUT2D eigenvalue weighted by atomic mass is 9.98. The van der Waals surface area contributed by atoms with Crippen molar-refractivity contribution in [2.75, 3.05) is 4.90 Å². The Bertz CT molecular complexity index is 2830. The first-order valence-electron chi connectivity index (χ1n) is 16.4. The molecule has 3 heterocycles. The molecule has 0 fully saturated rings. The van der Waals surface area contributed by atoms with E-state index in [1.54, 1.807) is 0 Å². The molecule has 0 N–H and O–H groups in total. The molecule has 230 valence electrons. The van der Waals surface area contributed by atoms with Gasteiger partial charge in [0.15, 0.2) is 5.58 Å². The van der Waals surface area contributed by atoms with Crippen molar-refractivity contribution in [1.29, 1.82) is 0 Å². The molecule has 0 unspecified atom stereocenters. The molecule has 0 amide bonds. The Hall–Kier alpha value is -6.23. The summed E-state index contributed by atoms with van der Waals surface area (Å²) in [5.74, 6) is 0. The number of aromatic nitrogens is 1. The second-order valence-corrected chi connectivity index (χ2v) is 13.5. The van der Waals surface area contributed by atoms with Crippen molar-refractivity contribution in [2.24, 2.45) is 0 Å². The normalized spacial score (nSPS) is 11.7. The third-order valence-electron chi connectivity index (χ3n) is 9.52. The highest BCUT2D eigenvalue weighted by molar-refractivity contribution is 7.25. The number of hydrogen-bond donors (Lipinski definition) is 0. The smallest absolute Gasteiger partial charge is 0.153 e. The lowest BCUT2D eigenvalue weighted by molar-refractivity contribution is 0.668. The van der Waals surface area contributed by atoms with E-state index in [2.05, 4.69) is 155 Å². The van der Waals surface area contributed by atoms with Gasteiger partial charge >= 0.3 is 0 Å². The summed E-state index contributed by atoms with van der Waals surface area (Å²) in [5.41, 5.74) is 10.6. The van der Waals surface area contributed by atoms with Crippen molar-refractivity contribution in [3.05, 3.63) is 170 Å². The summed E-state index contributed by atoms with van der Waals surface area (Å²) >= 11 is 1.85. The maximum Gasteiger partial charge on any atom is 0.153 e. The minimum absolute atomic E-state index is 0.810. The molecular formula is C45H28N2OS. The summed E-state index contributed by atoms with van der Waals surface area (Å²) in [6, 6.07) is 58.6. The van der Waals surface area contributed by atoms with Crippen LogP contribution in [-0.2, 0) is 0 Å². The van der Waals surface area contributed by atoms with Crippen LogP contribution in [0.4, 0.5) is 17.1 Å². The molecule has 0 bridgehead atoms. The Balaban J connectivity index is 1.13. The number of furan rings is 1. The number of nitrogens with zero attached hydrogens (tertiary/aromatic N) is 2. The van der Waals surface area contributed by atoms with Crippen LogP contribution >= 0.6 is 11.3 Å². The van der Waals surface area contributed by atoms with Crippen molar-refractivity contribution in [3.8, 4) is 22.3 Å². The number of hydrogen-bond acceptors (Lipinski definition) is 4. The van der Waals surface area contributed by atoms with Gasteiger partial charge in [-0.1, -0.05) is 97.1 Å². The average Bonchev–Trinajstić information content (AvgIpc) is 3.74. The van der Waals surface area contributed by atoms with Crippen LogP contribution in [0.15, 0.2) is 174 Å². The van der Waals surface area contributed by atoms with Gasteiger partial charge in [0.05, 0.1) is 11.1 Å². The molecular weight excluding hydrogens is 617 g/mol. The van der Waals surface area contributed by atoms with Gasteiger partial charge in [0.25, 0.3) is 0 Å². The minimum Gasteiger partial charge on any atom is -0.454 e. The van der Waals surface area contributed by atoms with Gasteiger partial charge in [-0.3, -0.25) is 4.98 Å². The number of fused-ring (bicyclic) bond motifs is 8. The molecule has 49 heavy (non-hydrogen) atoms. The van der Waals surface area contributed by atoms with Gasteiger partial charge in [0.2, 0.25) is 0 Å². The van der Waals surface area contributed by atoms with Crippen LogP contribution < -0.4 is 4.90 Å². The zero-order valence-electron chi connectivity index (χ0n) is 26.4. The number of anilines is 3. The van der Waals surface area contributed by atoms with Gasteiger partial charge in [-0.05, 0) is 94.2 Å². The van der Waals surface area contributed by atoms with Crippen LogP contribution in [0.3, 0.4) is 0 Å². The predicted octanol–water partition coefficient (Wildman–Crippen LogP) is 13.3. The second-order valence-electron chi connectivity index (χ2n) is 12.4. The van der Waals surface area contributed by atoms with E-state index in [0.29, 0.717) is 0 Å². The molecule has 7 aromatic carbocycles. The fraction of sp³-hybridized carbons (Fsp3) is 0. The molecule has 0 aliphatic rings. The Labute approximate surface area is 286 Å². The molecule has 0 aliphatic carbocycles. The molecule has 0 saturated heterocycles. The minimum atomic E-state index is 0.810. The Morgan fingerprint density at radius 1 is 0.490 bits per heavy atom. The van der Waals surface area contributed by atoms with Crippen LogP contribution in [0, 0.1) is 0 Å². The van der Waals surface area contributed by atoms with Gasteiger partial charge in [0.1, 0.15) is 11.1 Å². The van der Waals surface area contributed by atoms with Crippen molar-refractivity contribution in [1.82, 2.24) is 4.98 Å². The zero-order chi connectivity index (χ0) is 32.3. The molecule has 4 heteroatoms. The molecule has 3 aromatic heterocycles. The standard InChI is InChI=1S/C45H28N2OS/c1-2-9-30(10-3-1)35-11-4-6-13-39(35)47(34-23-25-43-38(28-34)36-12-5-7-15-42(36)49-43)33-21-18-29(19-22-33)32-17-16-31-20-24-40-44(37(31)27-32)45-41(48-40)14-8-26-46-45/h1-28H. The molecule has 0 spiro atoms. The Morgan fingerprint density at radius 3 is 2.16 bits per heavy atom. The highest BCUT2D eigenvalue weighted by Crippen LogP contribution is 2.44. The highest BCUT2D eigenvalue weighted by Gasteiger charge is 2.19. The summed E-state index contributed by atoms with van der Waals surface area (Å²) in [6.07, 6.45) is 1.83. The van der Waals surface area contributed by atoms with E-state index < -0.39 is 0 Å². The lowest BCUT2D eigenvalue weighted by Crippen LogP contribution is -2.11. The third kappa shape index (κ3) is 4.61. The zero-order valence-corrected chi connectivity index (χ0v) is 27.2. The Kier molecular flexibility index (Phi) is 6.36. The van der Waals surface area contributed by atoms with Gasteiger partial charge in [-0.15, -0.1) is 11.3 Å². The van der Waals surface area contributed by atoms with Crippen LogP contribution in [0.2, 0.25) is 0 Å². The number of thiophene rings is 1. The van der Waals surface area contributed by atoms with Crippen LogP contribution in [0.1, 0.15) is 0 Å². The Morgan fingerprint density at radius 2 is 1.24 bits per heavy atom. The monoisotopic (exact) mass is 644 g/mol. The number of benzene rings is 7. The van der Waals surface area contributed by atoms with E-state index in [9.17, 15) is 0 Å². The molecule has 3 nitrogen and oxygen atoms in total. The van der Waals surface area contributed by atoms with Crippen molar-refractivity contribution < 1.29 is 4.42 Å².